The molecule has 8 heteroatoms. The van der Waals surface area contributed by atoms with Crippen LogP contribution in [0.5, 0.6) is 23.0 Å². The van der Waals surface area contributed by atoms with Crippen LogP contribution in [0.3, 0.4) is 0 Å². The fourth-order valence-corrected chi connectivity index (χ4v) is 3.03. The average molecular weight is 356 g/mol. The van der Waals surface area contributed by atoms with Crippen molar-refractivity contribution in [3.63, 3.8) is 0 Å². The maximum atomic E-state index is 13.0. The van der Waals surface area contributed by atoms with Gasteiger partial charge in [-0.15, -0.1) is 0 Å². The third-order valence-corrected chi connectivity index (χ3v) is 4.26. The van der Waals surface area contributed by atoms with Crippen molar-refractivity contribution in [2.24, 2.45) is 0 Å². The van der Waals surface area contributed by atoms with Crippen LogP contribution in [0.15, 0.2) is 39.1 Å². The van der Waals surface area contributed by atoms with Gasteiger partial charge in [-0.3, -0.25) is 4.79 Å². The fourth-order valence-electron chi connectivity index (χ4n) is 3.03. The molecule has 0 fully saturated rings. The van der Waals surface area contributed by atoms with Gasteiger partial charge in [-0.2, -0.15) is 0 Å². The molecule has 2 aromatic carbocycles. The first kappa shape index (κ1) is 15.8. The SMILES string of the molecule is CC1=CC(c2cc(O)c(O)c3oc4cc(O)cc(O)c4c(=O)c23)OC1=O. The molecule has 3 aromatic rings. The summed E-state index contributed by atoms with van der Waals surface area (Å²) in [6.45, 7) is 1.54. The van der Waals surface area contributed by atoms with Crippen molar-refractivity contribution in [3.8, 4) is 23.0 Å². The van der Waals surface area contributed by atoms with E-state index in [0.29, 0.717) is 5.57 Å². The maximum absolute atomic E-state index is 13.0. The fraction of sp³-hybridized carbons (Fsp3) is 0.111. The van der Waals surface area contributed by atoms with Gasteiger partial charge in [-0.1, -0.05) is 0 Å². The summed E-state index contributed by atoms with van der Waals surface area (Å²) in [5.41, 5.74) is -0.811. The highest BCUT2D eigenvalue weighted by Gasteiger charge is 2.29. The second-order valence-electron chi connectivity index (χ2n) is 5.98. The topological polar surface area (TPSA) is 137 Å². The number of rotatable bonds is 1. The van der Waals surface area contributed by atoms with Crippen LogP contribution in [0.25, 0.3) is 21.9 Å². The van der Waals surface area contributed by atoms with E-state index in [9.17, 15) is 30.0 Å². The normalized spacial score (nSPS) is 16.9. The molecule has 0 spiro atoms. The Kier molecular flexibility index (Phi) is 3.14. The van der Waals surface area contributed by atoms with Crippen molar-refractivity contribution in [3.05, 3.63) is 45.6 Å². The lowest BCUT2D eigenvalue weighted by Crippen LogP contribution is -2.09. The van der Waals surface area contributed by atoms with Gasteiger partial charge in [0, 0.05) is 23.3 Å². The van der Waals surface area contributed by atoms with Crippen molar-refractivity contribution in [1.82, 2.24) is 0 Å². The Bertz CT molecular complexity index is 1200. The number of phenols is 4. The Morgan fingerprint density at radius 1 is 0.962 bits per heavy atom. The molecule has 8 nitrogen and oxygen atoms in total. The smallest absolute Gasteiger partial charge is 0.334 e. The van der Waals surface area contributed by atoms with Crippen molar-refractivity contribution < 1.29 is 34.4 Å². The number of benzene rings is 2. The van der Waals surface area contributed by atoms with Gasteiger partial charge in [-0.05, 0) is 19.1 Å². The molecule has 0 amide bonds. The van der Waals surface area contributed by atoms with Gasteiger partial charge >= 0.3 is 5.97 Å². The van der Waals surface area contributed by atoms with Crippen LogP contribution in [-0.2, 0) is 9.53 Å². The number of hydrogen-bond donors (Lipinski definition) is 4. The number of phenolic OH excluding ortho intramolecular Hbond substituents is 4. The Labute approximate surface area is 144 Å². The molecular formula is C18H12O8. The summed E-state index contributed by atoms with van der Waals surface area (Å²) >= 11 is 0. The molecule has 1 aromatic heterocycles. The molecule has 26 heavy (non-hydrogen) atoms. The summed E-state index contributed by atoms with van der Waals surface area (Å²) < 4.78 is 10.6. The number of hydrogen-bond acceptors (Lipinski definition) is 8. The minimum atomic E-state index is -0.962. The molecule has 0 aliphatic carbocycles. The third kappa shape index (κ3) is 2.08. The zero-order valence-electron chi connectivity index (χ0n) is 13.3. The van der Waals surface area contributed by atoms with E-state index in [-0.39, 0.29) is 33.3 Å². The minimum Gasteiger partial charge on any atom is -0.508 e. The predicted molar refractivity (Wildman–Crippen MR) is 89.2 cm³/mol. The number of esters is 1. The van der Waals surface area contributed by atoms with Crippen LogP contribution in [0, 0.1) is 0 Å². The first-order chi connectivity index (χ1) is 12.3. The molecule has 0 bridgehead atoms. The maximum Gasteiger partial charge on any atom is 0.334 e. The first-order valence-electron chi connectivity index (χ1n) is 7.54. The van der Waals surface area contributed by atoms with E-state index >= 15 is 0 Å². The molecule has 1 atom stereocenters. The van der Waals surface area contributed by atoms with Gasteiger partial charge in [0.05, 0.1) is 5.39 Å². The lowest BCUT2D eigenvalue weighted by atomic mass is 10.00. The monoisotopic (exact) mass is 356 g/mol. The number of aromatic hydroxyl groups is 4. The molecule has 1 aliphatic heterocycles. The average Bonchev–Trinajstić information content (AvgIpc) is 2.89. The van der Waals surface area contributed by atoms with Crippen LogP contribution < -0.4 is 5.43 Å². The van der Waals surface area contributed by atoms with E-state index in [1.165, 1.54) is 13.0 Å². The number of carbonyl (C=O) groups is 1. The molecule has 1 aliphatic rings. The van der Waals surface area contributed by atoms with Crippen LogP contribution in [0.4, 0.5) is 0 Å². The minimum absolute atomic E-state index is 0.101. The highest BCUT2D eigenvalue weighted by Crippen LogP contribution is 2.42. The molecule has 4 rings (SSSR count). The summed E-state index contributed by atoms with van der Waals surface area (Å²) in [7, 11) is 0. The van der Waals surface area contributed by atoms with Crippen molar-refractivity contribution >= 4 is 27.9 Å². The van der Waals surface area contributed by atoms with Crippen LogP contribution in [0.1, 0.15) is 18.6 Å². The largest absolute Gasteiger partial charge is 0.508 e. The van der Waals surface area contributed by atoms with Crippen molar-refractivity contribution in [2.45, 2.75) is 13.0 Å². The first-order valence-corrected chi connectivity index (χ1v) is 7.54. The van der Waals surface area contributed by atoms with Crippen LogP contribution in [-0.4, -0.2) is 26.4 Å². The van der Waals surface area contributed by atoms with E-state index in [0.717, 1.165) is 18.2 Å². The Balaban J connectivity index is 2.18. The zero-order valence-corrected chi connectivity index (χ0v) is 13.3. The van der Waals surface area contributed by atoms with Gasteiger partial charge in [0.2, 0.25) is 11.2 Å². The standard InChI is InChI=1S/C18H12O8/c1-6-2-11(26-18(6)24)8-5-10(21)15(22)17-13(8)16(23)14-9(20)3-7(19)4-12(14)25-17/h2-5,11,19-22H,1H3. The quantitative estimate of drug-likeness (QED) is 0.296. The number of fused-ring (bicyclic) bond motifs is 2. The van der Waals surface area contributed by atoms with Crippen LogP contribution in [0.2, 0.25) is 0 Å². The molecule has 4 N–H and O–H groups in total. The van der Waals surface area contributed by atoms with Gasteiger partial charge < -0.3 is 29.6 Å². The van der Waals surface area contributed by atoms with Gasteiger partial charge in [0.15, 0.2) is 11.3 Å². The second kappa shape index (κ2) is 5.16. The van der Waals surface area contributed by atoms with E-state index in [2.05, 4.69) is 0 Å². The number of cyclic esters (lactones) is 1. The summed E-state index contributed by atoms with van der Waals surface area (Å²) in [5, 5.41) is 39.4. The molecule has 0 saturated heterocycles. The summed E-state index contributed by atoms with van der Waals surface area (Å²) in [5.74, 6) is -2.69. The lowest BCUT2D eigenvalue weighted by molar-refractivity contribution is -0.139. The predicted octanol–water partition coefficient (Wildman–Crippen LogP) is 2.31. The number of carbonyl (C=O) groups excluding carboxylic acids is 1. The Morgan fingerprint density at radius 2 is 1.69 bits per heavy atom. The summed E-state index contributed by atoms with van der Waals surface area (Å²) in [6, 6.07) is 3.17. The van der Waals surface area contributed by atoms with Gasteiger partial charge in [-0.25, -0.2) is 4.79 Å². The van der Waals surface area contributed by atoms with Crippen LogP contribution >= 0.6 is 0 Å². The van der Waals surface area contributed by atoms with E-state index in [4.69, 9.17) is 9.15 Å². The summed E-state index contributed by atoms with van der Waals surface area (Å²) in [6.07, 6.45) is 0.504. The zero-order chi connectivity index (χ0) is 18.7. The van der Waals surface area contributed by atoms with Crippen molar-refractivity contribution in [2.75, 3.05) is 0 Å². The Hall–Kier alpha value is -3.68. The summed E-state index contributed by atoms with van der Waals surface area (Å²) in [4.78, 5) is 24.6. The van der Waals surface area contributed by atoms with Crippen molar-refractivity contribution in [1.29, 1.82) is 0 Å². The lowest BCUT2D eigenvalue weighted by Gasteiger charge is -2.14. The second-order valence-corrected chi connectivity index (χ2v) is 5.98. The number of ether oxygens (including phenoxy) is 1. The highest BCUT2D eigenvalue weighted by atomic mass is 16.5. The third-order valence-electron chi connectivity index (χ3n) is 4.26. The van der Waals surface area contributed by atoms with E-state index in [1.54, 1.807) is 0 Å². The molecular weight excluding hydrogens is 344 g/mol. The molecule has 0 radical (unpaired) electrons. The molecule has 1 unspecified atom stereocenters. The Morgan fingerprint density at radius 3 is 2.35 bits per heavy atom. The van der Waals surface area contributed by atoms with E-state index < -0.39 is 34.8 Å². The highest BCUT2D eigenvalue weighted by molar-refractivity contribution is 5.99. The molecule has 2 heterocycles. The molecule has 0 saturated carbocycles. The molecule has 132 valence electrons. The van der Waals surface area contributed by atoms with E-state index in [1.807, 2.05) is 0 Å². The van der Waals surface area contributed by atoms with Gasteiger partial charge in [0.1, 0.15) is 28.6 Å². The van der Waals surface area contributed by atoms with Gasteiger partial charge in [0.25, 0.3) is 0 Å².